The van der Waals surface area contributed by atoms with Crippen molar-refractivity contribution < 1.29 is 0 Å². The average Bonchev–Trinajstić information content (AvgIpc) is 2.48. The van der Waals surface area contributed by atoms with Crippen LogP contribution in [-0.4, -0.2) is 11.3 Å². The molecule has 2 unspecified atom stereocenters. The van der Waals surface area contributed by atoms with Crippen molar-refractivity contribution in [1.82, 2.24) is 0 Å². The molecule has 3 heteroatoms. The van der Waals surface area contributed by atoms with Crippen molar-refractivity contribution in [2.45, 2.75) is 48.3 Å². The number of nitrogens with two attached hydrogens (primary N) is 1. The van der Waals surface area contributed by atoms with Crippen molar-refractivity contribution in [3.8, 4) is 0 Å². The van der Waals surface area contributed by atoms with Crippen LogP contribution in [0.4, 0.5) is 0 Å². The molecule has 1 aromatic rings. The minimum absolute atomic E-state index is 0.323. The lowest BCUT2D eigenvalue weighted by Crippen LogP contribution is -2.31. The Kier molecular flexibility index (Phi) is 4.56. The maximum Gasteiger partial charge on any atom is 0.0541 e. The van der Waals surface area contributed by atoms with E-state index in [4.69, 9.17) is 17.3 Å². The van der Waals surface area contributed by atoms with Crippen LogP contribution in [0.3, 0.4) is 0 Å². The van der Waals surface area contributed by atoms with Crippen LogP contribution in [0.25, 0.3) is 0 Å². The van der Waals surface area contributed by atoms with E-state index in [0.717, 1.165) is 11.4 Å². The summed E-state index contributed by atoms with van der Waals surface area (Å²) in [6.45, 7) is 0. The molecule has 0 aromatic heterocycles. The first kappa shape index (κ1) is 12.3. The third kappa shape index (κ3) is 3.16. The van der Waals surface area contributed by atoms with Crippen LogP contribution in [0, 0.1) is 0 Å². The molecule has 0 amide bonds. The predicted molar refractivity (Wildman–Crippen MR) is 72.2 cm³/mol. The SMILES string of the molecule is NC1CCCCCC1Sc1ccccc1Cl. The molecule has 2 atom stereocenters. The monoisotopic (exact) mass is 255 g/mol. The van der Waals surface area contributed by atoms with Gasteiger partial charge in [0.05, 0.1) is 5.02 Å². The summed E-state index contributed by atoms with van der Waals surface area (Å²) in [7, 11) is 0. The molecule has 1 aliphatic rings. The molecular formula is C13H18ClNS. The minimum atomic E-state index is 0.323. The maximum absolute atomic E-state index is 6.21. The fraction of sp³-hybridized carbons (Fsp3) is 0.538. The van der Waals surface area contributed by atoms with E-state index in [1.807, 2.05) is 30.0 Å². The number of hydrogen-bond donors (Lipinski definition) is 1. The summed E-state index contributed by atoms with van der Waals surface area (Å²) in [5.74, 6) is 0. The molecule has 0 spiro atoms. The lowest BCUT2D eigenvalue weighted by molar-refractivity contribution is 0.596. The van der Waals surface area contributed by atoms with Crippen LogP contribution in [0.1, 0.15) is 32.1 Å². The number of benzene rings is 1. The van der Waals surface area contributed by atoms with E-state index in [1.54, 1.807) is 0 Å². The number of thioether (sulfide) groups is 1. The van der Waals surface area contributed by atoms with Gasteiger partial charge < -0.3 is 5.73 Å². The molecule has 1 saturated carbocycles. The molecule has 16 heavy (non-hydrogen) atoms. The molecule has 1 aromatic carbocycles. The number of halogens is 1. The highest BCUT2D eigenvalue weighted by atomic mass is 35.5. The Hall–Kier alpha value is -0.180. The topological polar surface area (TPSA) is 26.0 Å². The van der Waals surface area contributed by atoms with Gasteiger partial charge in [0.1, 0.15) is 0 Å². The molecule has 1 nitrogen and oxygen atoms in total. The van der Waals surface area contributed by atoms with Gasteiger partial charge in [-0.3, -0.25) is 0 Å². The van der Waals surface area contributed by atoms with Gasteiger partial charge >= 0.3 is 0 Å². The van der Waals surface area contributed by atoms with Crippen molar-refractivity contribution in [2.24, 2.45) is 5.73 Å². The van der Waals surface area contributed by atoms with Crippen LogP contribution < -0.4 is 5.73 Å². The van der Waals surface area contributed by atoms with Crippen LogP contribution in [-0.2, 0) is 0 Å². The fourth-order valence-corrected chi connectivity index (χ4v) is 3.68. The van der Waals surface area contributed by atoms with Crippen LogP contribution in [0.2, 0.25) is 5.02 Å². The summed E-state index contributed by atoms with van der Waals surface area (Å²) in [4.78, 5) is 1.17. The highest BCUT2D eigenvalue weighted by Gasteiger charge is 2.21. The maximum atomic E-state index is 6.21. The second kappa shape index (κ2) is 5.95. The lowest BCUT2D eigenvalue weighted by Gasteiger charge is -2.21. The summed E-state index contributed by atoms with van der Waals surface area (Å²) in [6, 6.07) is 8.37. The van der Waals surface area contributed by atoms with E-state index in [-0.39, 0.29) is 0 Å². The van der Waals surface area contributed by atoms with Gasteiger partial charge in [-0.15, -0.1) is 11.8 Å². The molecular weight excluding hydrogens is 238 g/mol. The van der Waals surface area contributed by atoms with Crippen molar-refractivity contribution in [3.63, 3.8) is 0 Å². The second-order valence-corrected chi connectivity index (χ2v) is 6.08. The third-order valence-electron chi connectivity index (χ3n) is 3.12. The molecule has 2 N–H and O–H groups in total. The van der Waals surface area contributed by atoms with Crippen molar-refractivity contribution >= 4 is 23.4 Å². The van der Waals surface area contributed by atoms with E-state index < -0.39 is 0 Å². The van der Waals surface area contributed by atoms with Crippen molar-refractivity contribution in [2.75, 3.05) is 0 Å². The third-order valence-corrected chi connectivity index (χ3v) is 5.06. The van der Waals surface area contributed by atoms with E-state index in [2.05, 4.69) is 6.07 Å². The lowest BCUT2D eigenvalue weighted by atomic mass is 10.1. The van der Waals surface area contributed by atoms with Crippen LogP contribution in [0.5, 0.6) is 0 Å². The Morgan fingerprint density at radius 2 is 1.88 bits per heavy atom. The largest absolute Gasteiger partial charge is 0.327 e. The van der Waals surface area contributed by atoms with Gasteiger partial charge in [0.2, 0.25) is 0 Å². The first-order chi connectivity index (χ1) is 7.77. The molecule has 0 saturated heterocycles. The zero-order valence-corrected chi connectivity index (χ0v) is 10.9. The van der Waals surface area contributed by atoms with Crippen LogP contribution >= 0.6 is 23.4 Å². The summed E-state index contributed by atoms with van der Waals surface area (Å²) in [5, 5.41) is 1.38. The molecule has 1 fully saturated rings. The highest BCUT2D eigenvalue weighted by molar-refractivity contribution is 8.00. The predicted octanol–water partition coefficient (Wildman–Crippen LogP) is 4.09. The smallest absolute Gasteiger partial charge is 0.0541 e. The van der Waals surface area contributed by atoms with Gasteiger partial charge in [0.15, 0.2) is 0 Å². The van der Waals surface area contributed by atoms with Gasteiger partial charge in [-0.05, 0) is 25.0 Å². The minimum Gasteiger partial charge on any atom is -0.327 e. The molecule has 0 bridgehead atoms. The molecule has 2 rings (SSSR count). The summed E-state index contributed by atoms with van der Waals surface area (Å²) in [5.41, 5.74) is 6.21. The summed E-state index contributed by atoms with van der Waals surface area (Å²) < 4.78 is 0. The normalized spacial score (nSPS) is 26.4. The van der Waals surface area contributed by atoms with E-state index in [0.29, 0.717) is 11.3 Å². The van der Waals surface area contributed by atoms with Gasteiger partial charge in [-0.1, -0.05) is 43.0 Å². The Bertz CT molecular complexity index is 342. The van der Waals surface area contributed by atoms with E-state index >= 15 is 0 Å². The summed E-state index contributed by atoms with van der Waals surface area (Å²) >= 11 is 8.03. The van der Waals surface area contributed by atoms with E-state index in [9.17, 15) is 0 Å². The summed E-state index contributed by atoms with van der Waals surface area (Å²) in [6.07, 6.45) is 6.28. The van der Waals surface area contributed by atoms with Gasteiger partial charge in [-0.2, -0.15) is 0 Å². The molecule has 0 radical (unpaired) electrons. The van der Waals surface area contributed by atoms with Gasteiger partial charge in [-0.25, -0.2) is 0 Å². The zero-order chi connectivity index (χ0) is 11.4. The molecule has 0 heterocycles. The Balaban J connectivity index is 2.05. The number of rotatable bonds is 2. The Morgan fingerprint density at radius 1 is 1.12 bits per heavy atom. The van der Waals surface area contributed by atoms with Gasteiger partial charge in [0, 0.05) is 16.2 Å². The van der Waals surface area contributed by atoms with Gasteiger partial charge in [0.25, 0.3) is 0 Å². The second-order valence-electron chi connectivity index (χ2n) is 4.39. The highest BCUT2D eigenvalue weighted by Crippen LogP contribution is 2.35. The van der Waals surface area contributed by atoms with E-state index in [1.165, 1.54) is 30.6 Å². The number of hydrogen-bond acceptors (Lipinski definition) is 2. The van der Waals surface area contributed by atoms with Crippen molar-refractivity contribution in [3.05, 3.63) is 29.3 Å². The first-order valence-electron chi connectivity index (χ1n) is 5.94. The first-order valence-corrected chi connectivity index (χ1v) is 7.20. The average molecular weight is 256 g/mol. The van der Waals surface area contributed by atoms with Crippen LogP contribution in [0.15, 0.2) is 29.2 Å². The molecule has 88 valence electrons. The quantitative estimate of drug-likeness (QED) is 0.806. The molecule has 1 aliphatic carbocycles. The zero-order valence-electron chi connectivity index (χ0n) is 9.36. The Morgan fingerprint density at radius 3 is 2.69 bits per heavy atom. The van der Waals surface area contributed by atoms with Crippen molar-refractivity contribution in [1.29, 1.82) is 0 Å². The Labute approximate surface area is 107 Å². The molecule has 0 aliphatic heterocycles. The fourth-order valence-electron chi connectivity index (χ4n) is 2.15. The standard InChI is InChI=1S/C13H18ClNS/c14-10-6-4-5-8-12(10)16-13-9-3-1-2-7-11(13)15/h4-6,8,11,13H,1-3,7,9,15H2.